The van der Waals surface area contributed by atoms with Crippen LogP contribution in [-0.4, -0.2) is 25.0 Å². The molecule has 7 heteroatoms. The number of hydrogen-bond donors (Lipinski definition) is 2. The van der Waals surface area contributed by atoms with Crippen LogP contribution in [0.25, 0.3) is 0 Å². The molecule has 0 saturated carbocycles. The van der Waals surface area contributed by atoms with Crippen LogP contribution < -0.4 is 20.3 Å². The highest BCUT2D eigenvalue weighted by Crippen LogP contribution is 2.23. The second kappa shape index (κ2) is 11.5. The van der Waals surface area contributed by atoms with Crippen LogP contribution in [0.4, 0.5) is 0 Å². The number of benzene rings is 2. The third kappa shape index (κ3) is 7.77. The van der Waals surface area contributed by atoms with Gasteiger partial charge >= 0.3 is 0 Å². The first-order chi connectivity index (χ1) is 13.9. The van der Waals surface area contributed by atoms with E-state index in [0.717, 1.165) is 17.3 Å². The summed E-state index contributed by atoms with van der Waals surface area (Å²) in [4.78, 5) is 24.5. The molecule has 2 rings (SSSR count). The molecule has 0 heterocycles. The Hall–Kier alpha value is -2.54. The fourth-order valence-electron chi connectivity index (χ4n) is 2.41. The first-order valence-corrected chi connectivity index (χ1v) is 10.4. The normalized spacial score (nSPS) is 10.5. The molecule has 0 spiro atoms. The Morgan fingerprint density at radius 1 is 1.03 bits per heavy atom. The fraction of sp³-hybridized carbons (Fsp3) is 0.364. The molecule has 0 radical (unpaired) electrons. The summed E-state index contributed by atoms with van der Waals surface area (Å²) in [5.74, 6) is 0.631. The summed E-state index contributed by atoms with van der Waals surface area (Å²) in [5, 5.41) is 0. The SMILES string of the molecule is CCc1ccc(OCC(=O)NNC(=O)c2cc(Br)ccc2OCCC(C)C)cc1. The summed E-state index contributed by atoms with van der Waals surface area (Å²) in [5.41, 5.74) is 6.28. The monoisotopic (exact) mass is 462 g/mol. The van der Waals surface area contributed by atoms with Crippen molar-refractivity contribution in [2.75, 3.05) is 13.2 Å². The molecule has 0 aliphatic rings. The molecule has 156 valence electrons. The van der Waals surface area contributed by atoms with Gasteiger partial charge in [-0.15, -0.1) is 0 Å². The third-order valence-electron chi connectivity index (χ3n) is 4.16. The number of halogens is 1. The topological polar surface area (TPSA) is 76.7 Å². The van der Waals surface area contributed by atoms with Crippen molar-refractivity contribution >= 4 is 27.7 Å². The minimum atomic E-state index is -0.466. The maximum atomic E-state index is 12.5. The van der Waals surface area contributed by atoms with Crippen molar-refractivity contribution in [1.82, 2.24) is 10.9 Å². The van der Waals surface area contributed by atoms with Gasteiger partial charge in [-0.2, -0.15) is 0 Å². The molecule has 2 N–H and O–H groups in total. The molecule has 0 unspecified atom stereocenters. The Bertz CT molecular complexity index is 822. The Labute approximate surface area is 180 Å². The van der Waals surface area contributed by atoms with Gasteiger partial charge < -0.3 is 9.47 Å². The summed E-state index contributed by atoms with van der Waals surface area (Å²) in [7, 11) is 0. The number of ether oxygens (including phenoxy) is 2. The number of hydrogen-bond acceptors (Lipinski definition) is 4. The van der Waals surface area contributed by atoms with Crippen LogP contribution in [0.3, 0.4) is 0 Å². The first-order valence-electron chi connectivity index (χ1n) is 9.62. The largest absolute Gasteiger partial charge is 0.493 e. The van der Waals surface area contributed by atoms with Gasteiger partial charge in [0.1, 0.15) is 11.5 Å². The van der Waals surface area contributed by atoms with E-state index in [1.54, 1.807) is 18.2 Å². The van der Waals surface area contributed by atoms with Gasteiger partial charge in [-0.1, -0.05) is 48.8 Å². The maximum absolute atomic E-state index is 12.5. The van der Waals surface area contributed by atoms with Crippen LogP contribution in [0.2, 0.25) is 0 Å². The van der Waals surface area contributed by atoms with E-state index in [1.165, 1.54) is 5.56 Å². The minimum absolute atomic E-state index is 0.206. The van der Waals surface area contributed by atoms with E-state index in [1.807, 2.05) is 24.3 Å². The summed E-state index contributed by atoms with van der Waals surface area (Å²) < 4.78 is 11.9. The number of aryl methyl sites for hydroxylation is 1. The van der Waals surface area contributed by atoms with Crippen molar-refractivity contribution in [2.45, 2.75) is 33.6 Å². The predicted octanol–water partition coefficient (Wildman–Crippen LogP) is 4.28. The smallest absolute Gasteiger partial charge is 0.276 e. The van der Waals surface area contributed by atoms with Gasteiger partial charge in [0.15, 0.2) is 6.61 Å². The number of carbonyl (C=O) groups excluding carboxylic acids is 2. The summed E-state index contributed by atoms with van der Waals surface area (Å²) in [6.07, 6.45) is 1.82. The molecular formula is C22H27BrN2O4. The number of carbonyl (C=O) groups is 2. The molecule has 0 fully saturated rings. The number of amides is 2. The van der Waals surface area contributed by atoms with Crippen LogP contribution in [0.15, 0.2) is 46.9 Å². The zero-order valence-corrected chi connectivity index (χ0v) is 18.5. The van der Waals surface area contributed by atoms with Crippen molar-refractivity contribution in [3.05, 3.63) is 58.1 Å². The van der Waals surface area contributed by atoms with Gasteiger partial charge in [-0.05, 0) is 54.7 Å². The second-order valence-electron chi connectivity index (χ2n) is 6.96. The quantitative estimate of drug-likeness (QED) is 0.545. The Morgan fingerprint density at radius 2 is 1.76 bits per heavy atom. The fourth-order valence-corrected chi connectivity index (χ4v) is 2.77. The van der Waals surface area contributed by atoms with Gasteiger partial charge in [0.2, 0.25) is 0 Å². The molecule has 0 aliphatic heterocycles. The van der Waals surface area contributed by atoms with E-state index in [0.29, 0.717) is 29.6 Å². The third-order valence-corrected chi connectivity index (χ3v) is 4.65. The van der Waals surface area contributed by atoms with Crippen LogP contribution in [-0.2, 0) is 11.2 Å². The molecular weight excluding hydrogens is 436 g/mol. The molecule has 0 atom stereocenters. The highest BCUT2D eigenvalue weighted by atomic mass is 79.9. The van der Waals surface area contributed by atoms with Crippen molar-refractivity contribution < 1.29 is 19.1 Å². The molecule has 6 nitrogen and oxygen atoms in total. The number of rotatable bonds is 9. The van der Waals surface area contributed by atoms with Crippen molar-refractivity contribution in [3.63, 3.8) is 0 Å². The Kier molecular flexibility index (Phi) is 8.99. The lowest BCUT2D eigenvalue weighted by molar-refractivity contribution is -0.123. The molecule has 29 heavy (non-hydrogen) atoms. The summed E-state index contributed by atoms with van der Waals surface area (Å²) in [6, 6.07) is 12.7. The lowest BCUT2D eigenvalue weighted by atomic mass is 10.1. The molecule has 2 aromatic carbocycles. The van der Waals surface area contributed by atoms with E-state index >= 15 is 0 Å². The van der Waals surface area contributed by atoms with Gasteiger partial charge in [-0.3, -0.25) is 20.4 Å². The number of nitrogens with one attached hydrogen (secondary N) is 2. The van der Waals surface area contributed by atoms with E-state index in [2.05, 4.69) is 47.6 Å². The van der Waals surface area contributed by atoms with Gasteiger partial charge in [0, 0.05) is 4.47 Å². The van der Waals surface area contributed by atoms with E-state index in [-0.39, 0.29) is 6.61 Å². The van der Waals surface area contributed by atoms with E-state index in [9.17, 15) is 9.59 Å². The standard InChI is InChI=1S/C22H27BrN2O4/c1-4-16-5-8-18(9-6-16)29-14-21(26)24-25-22(27)19-13-17(23)7-10-20(19)28-12-11-15(2)3/h5-10,13,15H,4,11-12,14H2,1-3H3,(H,24,26)(H,25,27). The zero-order chi connectivity index (χ0) is 21.2. The first kappa shape index (κ1) is 22.7. The molecule has 0 bridgehead atoms. The van der Waals surface area contributed by atoms with E-state index in [4.69, 9.17) is 9.47 Å². The second-order valence-corrected chi connectivity index (χ2v) is 7.88. The highest BCUT2D eigenvalue weighted by Gasteiger charge is 2.15. The zero-order valence-electron chi connectivity index (χ0n) is 17.0. The van der Waals surface area contributed by atoms with Crippen LogP contribution in [0.1, 0.15) is 43.1 Å². The highest BCUT2D eigenvalue weighted by molar-refractivity contribution is 9.10. The average Bonchev–Trinajstić information content (AvgIpc) is 2.71. The lowest BCUT2D eigenvalue weighted by Crippen LogP contribution is -2.44. The number of hydrazine groups is 1. The van der Waals surface area contributed by atoms with Gasteiger partial charge in [0.05, 0.1) is 12.2 Å². The minimum Gasteiger partial charge on any atom is -0.493 e. The van der Waals surface area contributed by atoms with Crippen LogP contribution in [0, 0.1) is 5.92 Å². The maximum Gasteiger partial charge on any atom is 0.276 e. The predicted molar refractivity (Wildman–Crippen MR) is 116 cm³/mol. The van der Waals surface area contributed by atoms with Gasteiger partial charge in [-0.25, -0.2) is 0 Å². The lowest BCUT2D eigenvalue weighted by Gasteiger charge is -2.14. The molecule has 0 aliphatic carbocycles. The average molecular weight is 463 g/mol. The summed E-state index contributed by atoms with van der Waals surface area (Å²) in [6.45, 7) is 6.58. The molecule has 2 amide bonds. The van der Waals surface area contributed by atoms with Crippen LogP contribution >= 0.6 is 15.9 Å². The van der Waals surface area contributed by atoms with Crippen LogP contribution in [0.5, 0.6) is 11.5 Å². The molecule has 2 aromatic rings. The van der Waals surface area contributed by atoms with Crippen molar-refractivity contribution in [2.24, 2.45) is 5.92 Å². The van der Waals surface area contributed by atoms with E-state index < -0.39 is 11.8 Å². The summed E-state index contributed by atoms with van der Waals surface area (Å²) >= 11 is 3.35. The molecule has 0 saturated heterocycles. The van der Waals surface area contributed by atoms with Crippen molar-refractivity contribution in [3.8, 4) is 11.5 Å². The Morgan fingerprint density at radius 3 is 2.41 bits per heavy atom. The Balaban J connectivity index is 1.87. The van der Waals surface area contributed by atoms with Gasteiger partial charge in [0.25, 0.3) is 11.8 Å². The van der Waals surface area contributed by atoms with Crippen molar-refractivity contribution in [1.29, 1.82) is 0 Å². The molecule has 0 aromatic heterocycles.